The maximum atomic E-state index is 6.88. The molecule has 0 spiro atoms. The Morgan fingerprint density at radius 2 is 1.39 bits per heavy atom. The van der Waals surface area contributed by atoms with Crippen LogP contribution >= 0.6 is 11.6 Å². The van der Waals surface area contributed by atoms with E-state index in [0.29, 0.717) is 0 Å². The molecule has 3 heteroatoms. The fraction of sp³-hybridized carbons (Fsp3) is 0.600. The molecular formula is C15H21ClO2. The van der Waals surface area contributed by atoms with Crippen molar-refractivity contribution >= 4 is 11.6 Å². The smallest absolute Gasteiger partial charge is 0.161 e. The Bertz CT molecular complexity index is 463. The van der Waals surface area contributed by atoms with Gasteiger partial charge in [0.15, 0.2) is 11.5 Å². The summed E-state index contributed by atoms with van der Waals surface area (Å²) in [6, 6.07) is 5.94. The van der Waals surface area contributed by atoms with Gasteiger partial charge in [0.25, 0.3) is 0 Å². The van der Waals surface area contributed by atoms with Crippen molar-refractivity contribution in [2.75, 3.05) is 14.2 Å². The first kappa shape index (κ1) is 13.5. The normalized spacial score (nSPS) is 22.4. The molecule has 0 saturated heterocycles. The van der Waals surface area contributed by atoms with Crippen LogP contribution in [0.2, 0.25) is 0 Å². The van der Waals surface area contributed by atoms with Gasteiger partial charge in [-0.15, -0.1) is 11.6 Å². The molecule has 1 aliphatic carbocycles. The zero-order valence-corrected chi connectivity index (χ0v) is 12.7. The second kappa shape index (κ2) is 3.80. The van der Waals surface area contributed by atoms with Crippen LogP contribution in [0.4, 0.5) is 0 Å². The molecule has 0 aliphatic heterocycles. The summed E-state index contributed by atoms with van der Waals surface area (Å²) in [5.41, 5.74) is 1.21. The fourth-order valence-corrected chi connectivity index (χ4v) is 3.56. The fourth-order valence-electron chi connectivity index (χ4n) is 3.02. The number of halogens is 1. The number of ether oxygens (including phenoxy) is 2. The molecule has 100 valence electrons. The van der Waals surface area contributed by atoms with Crippen LogP contribution in [-0.4, -0.2) is 14.2 Å². The second-order valence-electron chi connectivity index (χ2n) is 5.98. The molecule has 0 N–H and O–H groups in total. The van der Waals surface area contributed by atoms with Crippen LogP contribution in [0.25, 0.3) is 0 Å². The summed E-state index contributed by atoms with van der Waals surface area (Å²) in [5.74, 6) is 1.46. The van der Waals surface area contributed by atoms with E-state index in [4.69, 9.17) is 21.1 Å². The van der Waals surface area contributed by atoms with Gasteiger partial charge in [-0.25, -0.2) is 0 Å². The number of hydrogen-bond acceptors (Lipinski definition) is 2. The summed E-state index contributed by atoms with van der Waals surface area (Å²) < 4.78 is 10.6. The van der Waals surface area contributed by atoms with Gasteiger partial charge in [0.1, 0.15) is 0 Å². The summed E-state index contributed by atoms with van der Waals surface area (Å²) >= 11 is 6.88. The highest BCUT2D eigenvalue weighted by Gasteiger charge is 2.77. The third-order valence-corrected chi connectivity index (χ3v) is 6.17. The van der Waals surface area contributed by atoms with Gasteiger partial charge < -0.3 is 9.47 Å². The molecule has 1 aliphatic rings. The Morgan fingerprint density at radius 1 is 0.889 bits per heavy atom. The molecule has 0 atom stereocenters. The van der Waals surface area contributed by atoms with Crippen LogP contribution < -0.4 is 9.47 Å². The number of alkyl halides is 1. The number of hydrogen-bond donors (Lipinski definition) is 0. The molecule has 0 amide bonds. The van der Waals surface area contributed by atoms with Crippen LogP contribution in [0.1, 0.15) is 33.3 Å². The minimum Gasteiger partial charge on any atom is -0.493 e. The van der Waals surface area contributed by atoms with E-state index in [1.807, 2.05) is 18.2 Å². The second-order valence-corrected chi connectivity index (χ2v) is 6.55. The van der Waals surface area contributed by atoms with Gasteiger partial charge in [0, 0.05) is 0 Å². The molecule has 0 radical (unpaired) electrons. The molecule has 0 bridgehead atoms. The molecule has 2 nitrogen and oxygen atoms in total. The topological polar surface area (TPSA) is 18.5 Å². The Kier molecular flexibility index (Phi) is 2.86. The van der Waals surface area contributed by atoms with Crippen molar-refractivity contribution in [3.05, 3.63) is 23.8 Å². The number of rotatable bonds is 3. The molecule has 18 heavy (non-hydrogen) atoms. The first-order valence-electron chi connectivity index (χ1n) is 6.15. The number of methoxy groups -OCH3 is 2. The number of benzene rings is 1. The Balaban J connectivity index is 2.49. The predicted octanol–water partition coefficient (Wildman–Crippen LogP) is 4.20. The van der Waals surface area contributed by atoms with Crippen molar-refractivity contribution in [2.24, 2.45) is 10.8 Å². The quantitative estimate of drug-likeness (QED) is 0.765. The first-order chi connectivity index (χ1) is 8.24. The lowest BCUT2D eigenvalue weighted by atomic mass is 10.0. The maximum absolute atomic E-state index is 6.88. The standard InChI is InChI=1S/C15H21ClO2/c1-13(2)14(3,4)15(13,16)10-7-8-11(17-5)12(9-10)18-6/h7-9H,1-6H3. The van der Waals surface area contributed by atoms with E-state index in [1.54, 1.807) is 14.2 Å². The molecule has 1 fully saturated rings. The molecular weight excluding hydrogens is 248 g/mol. The van der Waals surface area contributed by atoms with Crippen molar-refractivity contribution in [1.29, 1.82) is 0 Å². The largest absolute Gasteiger partial charge is 0.493 e. The van der Waals surface area contributed by atoms with E-state index in [-0.39, 0.29) is 15.7 Å². The Hall–Kier alpha value is -0.890. The van der Waals surface area contributed by atoms with Crippen LogP contribution in [0.3, 0.4) is 0 Å². The monoisotopic (exact) mass is 268 g/mol. The molecule has 1 aromatic carbocycles. The van der Waals surface area contributed by atoms with Gasteiger partial charge in [0.05, 0.1) is 19.1 Å². The van der Waals surface area contributed by atoms with Gasteiger partial charge in [-0.3, -0.25) is 0 Å². The Labute approximate surface area is 114 Å². The first-order valence-corrected chi connectivity index (χ1v) is 6.53. The maximum Gasteiger partial charge on any atom is 0.161 e. The zero-order valence-electron chi connectivity index (χ0n) is 11.9. The highest BCUT2D eigenvalue weighted by molar-refractivity contribution is 6.27. The molecule has 1 saturated carbocycles. The summed E-state index contributed by atoms with van der Waals surface area (Å²) in [5, 5.41) is 0. The van der Waals surface area contributed by atoms with Crippen molar-refractivity contribution in [3.63, 3.8) is 0 Å². The predicted molar refractivity (Wildman–Crippen MR) is 74.6 cm³/mol. The van der Waals surface area contributed by atoms with Crippen molar-refractivity contribution < 1.29 is 9.47 Å². The lowest BCUT2D eigenvalue weighted by Gasteiger charge is -2.16. The molecule has 2 rings (SSSR count). The van der Waals surface area contributed by atoms with Crippen molar-refractivity contribution in [2.45, 2.75) is 32.6 Å². The van der Waals surface area contributed by atoms with E-state index in [2.05, 4.69) is 27.7 Å². The highest BCUT2D eigenvalue weighted by atomic mass is 35.5. The average molecular weight is 269 g/mol. The van der Waals surface area contributed by atoms with Crippen LogP contribution in [0.15, 0.2) is 18.2 Å². The highest BCUT2D eigenvalue weighted by Crippen LogP contribution is 2.80. The average Bonchev–Trinajstić information content (AvgIpc) is 2.66. The Morgan fingerprint density at radius 3 is 1.78 bits per heavy atom. The molecule has 1 aromatic rings. The van der Waals surface area contributed by atoms with Gasteiger partial charge in [-0.05, 0) is 28.5 Å². The minimum atomic E-state index is -0.348. The van der Waals surface area contributed by atoms with Crippen LogP contribution in [0.5, 0.6) is 11.5 Å². The molecule has 0 heterocycles. The SMILES string of the molecule is COc1ccc(C2(Cl)C(C)(C)C2(C)C)cc1OC. The van der Waals surface area contributed by atoms with E-state index in [1.165, 1.54) is 0 Å². The molecule has 0 unspecified atom stereocenters. The lowest BCUT2D eigenvalue weighted by molar-refractivity contribution is 0.354. The van der Waals surface area contributed by atoms with E-state index >= 15 is 0 Å². The van der Waals surface area contributed by atoms with Crippen LogP contribution in [-0.2, 0) is 4.87 Å². The summed E-state index contributed by atoms with van der Waals surface area (Å²) in [7, 11) is 3.28. The van der Waals surface area contributed by atoms with Crippen LogP contribution in [0, 0.1) is 10.8 Å². The van der Waals surface area contributed by atoms with Gasteiger partial charge >= 0.3 is 0 Å². The third kappa shape index (κ3) is 1.36. The van der Waals surface area contributed by atoms with Crippen molar-refractivity contribution in [1.82, 2.24) is 0 Å². The zero-order chi connectivity index (χ0) is 13.8. The minimum absolute atomic E-state index is 0.0567. The summed E-state index contributed by atoms with van der Waals surface area (Å²) in [4.78, 5) is -0.348. The van der Waals surface area contributed by atoms with Gasteiger partial charge in [0.2, 0.25) is 0 Å². The van der Waals surface area contributed by atoms with Crippen molar-refractivity contribution in [3.8, 4) is 11.5 Å². The van der Waals surface area contributed by atoms with Gasteiger partial charge in [-0.1, -0.05) is 33.8 Å². The summed E-state index contributed by atoms with van der Waals surface area (Å²) in [6.45, 7) is 8.82. The lowest BCUT2D eigenvalue weighted by Crippen LogP contribution is -2.08. The summed E-state index contributed by atoms with van der Waals surface area (Å²) in [6.07, 6.45) is 0. The third-order valence-electron chi connectivity index (χ3n) is 5.00. The van der Waals surface area contributed by atoms with E-state index in [0.717, 1.165) is 17.1 Å². The molecule has 0 aromatic heterocycles. The van der Waals surface area contributed by atoms with Gasteiger partial charge in [-0.2, -0.15) is 0 Å². The van der Waals surface area contributed by atoms with E-state index < -0.39 is 0 Å². The van der Waals surface area contributed by atoms with E-state index in [9.17, 15) is 0 Å².